The molecule has 2 rings (SSSR count). The summed E-state index contributed by atoms with van der Waals surface area (Å²) >= 11 is 0. The molecule has 1 heterocycles. The number of fused-ring (bicyclic) bond motifs is 1. The molecule has 0 aliphatic heterocycles. The smallest absolute Gasteiger partial charge is 0.0654 e. The van der Waals surface area contributed by atoms with Crippen LogP contribution in [0.4, 0.5) is 0 Å². The molecule has 0 fully saturated rings. The van der Waals surface area contributed by atoms with Crippen LogP contribution in [0.3, 0.4) is 0 Å². The summed E-state index contributed by atoms with van der Waals surface area (Å²) in [5.41, 5.74) is 4.20. The van der Waals surface area contributed by atoms with Crippen LogP contribution < -0.4 is 0 Å². The fraction of sp³-hybridized carbons (Fsp3) is 0.769. The van der Waals surface area contributed by atoms with Crippen molar-refractivity contribution in [2.24, 2.45) is 0 Å². The Kier molecular flexibility index (Phi) is 8.06. The third kappa shape index (κ3) is 3.69. The van der Waals surface area contributed by atoms with Crippen LogP contribution in [0.15, 0.2) is 0 Å². The zero-order valence-corrected chi connectivity index (χ0v) is 11.0. The Bertz CT molecular complexity index is 238. The zero-order chi connectivity index (χ0) is 11.7. The molecule has 0 aromatic carbocycles. The first kappa shape index (κ1) is 14.2. The maximum atomic E-state index is 4.29. The molecule has 1 aliphatic rings. The molecule has 0 saturated heterocycles. The summed E-state index contributed by atoms with van der Waals surface area (Å²) in [6, 6.07) is 0. The quantitative estimate of drug-likeness (QED) is 0.748. The van der Waals surface area contributed by atoms with Gasteiger partial charge >= 0.3 is 0 Å². The predicted molar refractivity (Wildman–Crippen MR) is 67.3 cm³/mol. The SMILES string of the molecule is CC.CC.CCc1n[nH]c2c1CCCC2. The molecule has 0 atom stereocenters. The van der Waals surface area contributed by atoms with Gasteiger partial charge in [-0.15, -0.1) is 0 Å². The molecule has 2 nitrogen and oxygen atoms in total. The van der Waals surface area contributed by atoms with Gasteiger partial charge in [0, 0.05) is 5.69 Å². The van der Waals surface area contributed by atoms with Crippen LogP contribution in [0.2, 0.25) is 0 Å². The largest absolute Gasteiger partial charge is 0.282 e. The Morgan fingerprint density at radius 2 is 1.67 bits per heavy atom. The fourth-order valence-corrected chi connectivity index (χ4v) is 1.84. The van der Waals surface area contributed by atoms with Crippen LogP contribution in [0, 0.1) is 0 Å². The normalized spacial score (nSPS) is 12.9. The van der Waals surface area contributed by atoms with E-state index in [4.69, 9.17) is 0 Å². The van der Waals surface area contributed by atoms with Crippen molar-refractivity contribution in [3.8, 4) is 0 Å². The second kappa shape index (κ2) is 8.51. The number of nitrogens with one attached hydrogen (secondary N) is 1. The van der Waals surface area contributed by atoms with E-state index in [0.717, 1.165) is 6.42 Å². The standard InChI is InChI=1S/C9H14N2.2C2H6/c1-2-8-7-5-3-4-6-9(7)11-10-8;2*1-2/h2-6H2,1H3,(H,10,11);2*1-2H3. The lowest BCUT2D eigenvalue weighted by molar-refractivity contribution is 0.672. The maximum absolute atomic E-state index is 4.29. The minimum Gasteiger partial charge on any atom is -0.282 e. The van der Waals surface area contributed by atoms with Crippen molar-refractivity contribution in [2.45, 2.75) is 66.7 Å². The minimum atomic E-state index is 1.08. The third-order valence-corrected chi connectivity index (χ3v) is 2.48. The molecule has 1 aliphatic carbocycles. The van der Waals surface area contributed by atoms with Gasteiger partial charge < -0.3 is 0 Å². The molecule has 0 saturated carbocycles. The van der Waals surface area contributed by atoms with Gasteiger partial charge in [-0.05, 0) is 37.7 Å². The number of nitrogens with zero attached hydrogens (tertiary/aromatic N) is 1. The summed E-state index contributed by atoms with van der Waals surface area (Å²) in [6.45, 7) is 10.2. The highest BCUT2D eigenvalue weighted by atomic mass is 15.1. The molecule has 1 N–H and O–H groups in total. The Hall–Kier alpha value is -0.790. The van der Waals surface area contributed by atoms with Crippen molar-refractivity contribution in [1.82, 2.24) is 10.2 Å². The molecular formula is C13H26N2. The molecule has 0 unspecified atom stereocenters. The number of H-pyrrole nitrogens is 1. The fourth-order valence-electron chi connectivity index (χ4n) is 1.84. The summed E-state index contributed by atoms with van der Waals surface area (Å²) in [6.07, 6.45) is 6.21. The van der Waals surface area contributed by atoms with Gasteiger partial charge in [0.25, 0.3) is 0 Å². The molecule has 1 aromatic heterocycles. The first-order valence-electron chi connectivity index (χ1n) is 6.46. The lowest BCUT2D eigenvalue weighted by Gasteiger charge is -2.09. The van der Waals surface area contributed by atoms with Gasteiger partial charge in [-0.1, -0.05) is 34.6 Å². The van der Waals surface area contributed by atoms with E-state index in [0.29, 0.717) is 0 Å². The van der Waals surface area contributed by atoms with E-state index in [-0.39, 0.29) is 0 Å². The van der Waals surface area contributed by atoms with Crippen LogP contribution in [0.1, 0.15) is 64.4 Å². The summed E-state index contributed by atoms with van der Waals surface area (Å²) in [4.78, 5) is 0. The van der Waals surface area contributed by atoms with Gasteiger partial charge in [-0.2, -0.15) is 5.10 Å². The van der Waals surface area contributed by atoms with E-state index >= 15 is 0 Å². The third-order valence-electron chi connectivity index (χ3n) is 2.48. The van der Waals surface area contributed by atoms with E-state index < -0.39 is 0 Å². The number of hydrogen-bond donors (Lipinski definition) is 1. The van der Waals surface area contributed by atoms with Crippen LogP contribution in [-0.2, 0) is 19.3 Å². The molecule has 2 heteroatoms. The monoisotopic (exact) mass is 210 g/mol. The number of aromatic nitrogens is 2. The molecule has 0 radical (unpaired) electrons. The molecule has 0 bridgehead atoms. The van der Waals surface area contributed by atoms with Crippen molar-refractivity contribution in [3.63, 3.8) is 0 Å². The minimum absolute atomic E-state index is 1.08. The number of aryl methyl sites for hydroxylation is 2. The van der Waals surface area contributed by atoms with Crippen molar-refractivity contribution in [3.05, 3.63) is 17.0 Å². The number of aromatic amines is 1. The first-order chi connectivity index (χ1) is 7.42. The molecule has 15 heavy (non-hydrogen) atoms. The maximum Gasteiger partial charge on any atom is 0.0654 e. The summed E-state index contributed by atoms with van der Waals surface area (Å²) in [5, 5.41) is 7.42. The van der Waals surface area contributed by atoms with E-state index in [1.807, 2.05) is 27.7 Å². The Morgan fingerprint density at radius 1 is 1.07 bits per heavy atom. The van der Waals surface area contributed by atoms with Crippen molar-refractivity contribution >= 4 is 0 Å². The molecule has 0 spiro atoms. The number of rotatable bonds is 1. The Morgan fingerprint density at radius 3 is 2.27 bits per heavy atom. The second-order valence-electron chi connectivity index (χ2n) is 3.19. The highest BCUT2D eigenvalue weighted by Gasteiger charge is 2.14. The highest BCUT2D eigenvalue weighted by molar-refractivity contribution is 5.27. The predicted octanol–water partition coefficient (Wildman–Crippen LogP) is 3.90. The van der Waals surface area contributed by atoms with Crippen LogP contribution in [-0.4, -0.2) is 10.2 Å². The van der Waals surface area contributed by atoms with Gasteiger partial charge in [0.2, 0.25) is 0 Å². The van der Waals surface area contributed by atoms with Gasteiger partial charge in [0.05, 0.1) is 5.69 Å². The molecular weight excluding hydrogens is 184 g/mol. The number of hydrogen-bond acceptors (Lipinski definition) is 1. The highest BCUT2D eigenvalue weighted by Crippen LogP contribution is 2.21. The van der Waals surface area contributed by atoms with E-state index in [1.165, 1.54) is 42.6 Å². The summed E-state index contributed by atoms with van der Waals surface area (Å²) in [7, 11) is 0. The lowest BCUT2D eigenvalue weighted by atomic mass is 9.95. The Balaban J connectivity index is 0.000000442. The van der Waals surface area contributed by atoms with Gasteiger partial charge in [0.15, 0.2) is 0 Å². The van der Waals surface area contributed by atoms with Gasteiger partial charge in [0.1, 0.15) is 0 Å². The van der Waals surface area contributed by atoms with Gasteiger partial charge in [-0.3, -0.25) is 5.10 Å². The van der Waals surface area contributed by atoms with Crippen LogP contribution >= 0.6 is 0 Å². The summed E-state index contributed by atoms with van der Waals surface area (Å²) in [5.74, 6) is 0. The van der Waals surface area contributed by atoms with E-state index in [9.17, 15) is 0 Å². The van der Waals surface area contributed by atoms with E-state index in [2.05, 4.69) is 17.1 Å². The lowest BCUT2D eigenvalue weighted by Crippen LogP contribution is -2.01. The second-order valence-corrected chi connectivity index (χ2v) is 3.19. The zero-order valence-electron chi connectivity index (χ0n) is 11.0. The topological polar surface area (TPSA) is 28.7 Å². The molecule has 88 valence electrons. The average Bonchev–Trinajstić information content (AvgIpc) is 2.77. The van der Waals surface area contributed by atoms with Crippen LogP contribution in [0.5, 0.6) is 0 Å². The average molecular weight is 210 g/mol. The first-order valence-corrected chi connectivity index (χ1v) is 6.46. The van der Waals surface area contributed by atoms with Crippen molar-refractivity contribution in [1.29, 1.82) is 0 Å². The van der Waals surface area contributed by atoms with Crippen molar-refractivity contribution in [2.75, 3.05) is 0 Å². The van der Waals surface area contributed by atoms with Gasteiger partial charge in [-0.25, -0.2) is 0 Å². The molecule has 0 amide bonds. The molecule has 1 aromatic rings. The van der Waals surface area contributed by atoms with E-state index in [1.54, 1.807) is 0 Å². The van der Waals surface area contributed by atoms with Crippen molar-refractivity contribution < 1.29 is 0 Å². The summed E-state index contributed by atoms with van der Waals surface area (Å²) < 4.78 is 0. The van der Waals surface area contributed by atoms with Crippen LogP contribution in [0.25, 0.3) is 0 Å². The Labute approximate surface area is 94.5 Å².